The van der Waals surface area contributed by atoms with Gasteiger partial charge in [-0.3, -0.25) is 14.3 Å². The van der Waals surface area contributed by atoms with Crippen LogP contribution in [0.15, 0.2) is 42.5 Å². The molecule has 9 nitrogen and oxygen atoms in total. The van der Waals surface area contributed by atoms with Crippen LogP contribution in [0.1, 0.15) is 64.5 Å². The third-order valence-electron chi connectivity index (χ3n) is 6.73. The van der Waals surface area contributed by atoms with Crippen LogP contribution in [0.2, 0.25) is 0 Å². The van der Waals surface area contributed by atoms with Gasteiger partial charge in [0.05, 0.1) is 33.1 Å². The Bertz CT molecular complexity index is 1300. The van der Waals surface area contributed by atoms with Crippen LogP contribution in [-0.2, 0) is 24.9 Å². The third-order valence-corrected chi connectivity index (χ3v) is 6.73. The second kappa shape index (κ2) is 12.0. The van der Waals surface area contributed by atoms with Crippen LogP contribution in [0.4, 0.5) is 0 Å². The SMILES string of the molecule is COc1ccc(CN(Cc2cccc(OCCCC(=O)O)c2OC)C(=O)c2cc(C3CC3)nn2C)c(C)c1. The fourth-order valence-electron chi connectivity index (χ4n) is 4.45. The number of carbonyl (C=O) groups is 2. The minimum absolute atomic E-state index is 0.0268. The number of amides is 1. The molecule has 1 N–H and O–H groups in total. The maximum atomic E-state index is 13.9. The van der Waals surface area contributed by atoms with E-state index in [1.165, 1.54) is 0 Å². The maximum absolute atomic E-state index is 13.9. The molecule has 1 saturated carbocycles. The average Bonchev–Trinajstić information content (AvgIpc) is 3.68. The fourth-order valence-corrected chi connectivity index (χ4v) is 4.45. The van der Waals surface area contributed by atoms with E-state index >= 15 is 0 Å². The molecule has 3 aromatic rings. The van der Waals surface area contributed by atoms with E-state index in [2.05, 4.69) is 5.10 Å². The van der Waals surface area contributed by atoms with Gasteiger partial charge in [-0.1, -0.05) is 18.2 Å². The quantitative estimate of drug-likeness (QED) is 0.325. The molecule has 0 aliphatic heterocycles. The molecule has 2 aromatic carbocycles. The van der Waals surface area contributed by atoms with Gasteiger partial charge in [0.15, 0.2) is 11.5 Å². The summed E-state index contributed by atoms with van der Waals surface area (Å²) in [4.78, 5) is 26.6. The number of carboxylic acids is 1. The van der Waals surface area contributed by atoms with Gasteiger partial charge in [0.1, 0.15) is 11.4 Å². The molecule has 9 heteroatoms. The normalized spacial score (nSPS) is 12.7. The number of nitrogens with zero attached hydrogens (tertiary/aromatic N) is 3. The predicted octanol–water partition coefficient (Wildman–Crippen LogP) is 4.71. The lowest BCUT2D eigenvalue weighted by Gasteiger charge is -2.25. The van der Waals surface area contributed by atoms with Crippen LogP contribution in [-0.4, -0.2) is 52.5 Å². The number of benzene rings is 2. The highest BCUT2D eigenvalue weighted by molar-refractivity contribution is 5.92. The highest BCUT2D eigenvalue weighted by Gasteiger charge is 2.30. The van der Waals surface area contributed by atoms with E-state index < -0.39 is 5.97 Å². The van der Waals surface area contributed by atoms with Gasteiger partial charge < -0.3 is 24.2 Å². The first kappa shape index (κ1) is 27.0. The van der Waals surface area contributed by atoms with Gasteiger partial charge >= 0.3 is 5.97 Å². The summed E-state index contributed by atoms with van der Waals surface area (Å²) in [6.45, 7) is 2.91. The van der Waals surface area contributed by atoms with Gasteiger partial charge in [-0.2, -0.15) is 5.10 Å². The first-order valence-electron chi connectivity index (χ1n) is 12.8. The molecule has 4 rings (SSSR count). The number of carbonyl (C=O) groups excluding carboxylic acids is 1. The van der Waals surface area contributed by atoms with Gasteiger partial charge in [-0.25, -0.2) is 0 Å². The number of para-hydroxylation sites is 1. The number of hydrogen-bond acceptors (Lipinski definition) is 6. The van der Waals surface area contributed by atoms with Crippen molar-refractivity contribution in [2.45, 2.75) is 51.6 Å². The van der Waals surface area contributed by atoms with Crippen molar-refractivity contribution in [3.8, 4) is 17.2 Å². The predicted molar refractivity (Wildman–Crippen MR) is 142 cm³/mol. The number of methoxy groups -OCH3 is 2. The second-order valence-corrected chi connectivity index (χ2v) is 9.60. The third kappa shape index (κ3) is 6.45. The summed E-state index contributed by atoms with van der Waals surface area (Å²) < 4.78 is 18.6. The van der Waals surface area contributed by atoms with E-state index in [1.807, 2.05) is 50.4 Å². The van der Waals surface area contributed by atoms with Crippen molar-refractivity contribution in [2.75, 3.05) is 20.8 Å². The van der Waals surface area contributed by atoms with Crippen LogP contribution in [0.3, 0.4) is 0 Å². The molecule has 38 heavy (non-hydrogen) atoms. The summed E-state index contributed by atoms with van der Waals surface area (Å²) in [5.41, 5.74) is 4.31. The number of ether oxygens (including phenoxy) is 3. The van der Waals surface area contributed by atoms with E-state index in [0.717, 1.165) is 41.0 Å². The van der Waals surface area contributed by atoms with Crippen molar-refractivity contribution in [3.63, 3.8) is 0 Å². The lowest BCUT2D eigenvalue weighted by atomic mass is 10.1. The zero-order valence-corrected chi connectivity index (χ0v) is 22.4. The Kier molecular flexibility index (Phi) is 8.55. The van der Waals surface area contributed by atoms with E-state index in [9.17, 15) is 9.59 Å². The zero-order valence-electron chi connectivity index (χ0n) is 22.4. The van der Waals surface area contributed by atoms with E-state index in [0.29, 0.717) is 36.1 Å². The standard InChI is InChI=1S/C29H35N3O6/c1-19-15-23(36-3)13-12-21(19)17-32(29(35)25-16-24(20-10-11-20)30-31(25)2)18-22-7-5-8-26(28(22)37-4)38-14-6-9-27(33)34/h5,7-8,12-13,15-16,20H,6,9-11,14,17-18H2,1-4H3,(H,33,34). The van der Waals surface area contributed by atoms with Crippen molar-refractivity contribution >= 4 is 11.9 Å². The Balaban J connectivity index is 1.63. The molecular formula is C29H35N3O6. The van der Waals surface area contributed by atoms with Crippen molar-refractivity contribution in [2.24, 2.45) is 7.05 Å². The van der Waals surface area contributed by atoms with Crippen LogP contribution < -0.4 is 14.2 Å². The van der Waals surface area contributed by atoms with Gasteiger partial charge in [0.2, 0.25) is 0 Å². The summed E-state index contributed by atoms with van der Waals surface area (Å²) in [5.74, 6) is 1.25. The molecule has 0 atom stereocenters. The number of aryl methyl sites for hydroxylation is 2. The lowest BCUT2D eigenvalue weighted by molar-refractivity contribution is -0.137. The monoisotopic (exact) mass is 521 g/mol. The van der Waals surface area contributed by atoms with Crippen LogP contribution in [0.25, 0.3) is 0 Å². The minimum Gasteiger partial charge on any atom is -0.497 e. The Morgan fingerprint density at radius 2 is 1.84 bits per heavy atom. The molecule has 1 aromatic heterocycles. The fraction of sp³-hybridized carbons (Fsp3) is 0.414. The smallest absolute Gasteiger partial charge is 0.303 e. The molecule has 0 bridgehead atoms. The van der Waals surface area contributed by atoms with Gasteiger partial charge in [0, 0.05) is 31.5 Å². The minimum atomic E-state index is -0.864. The molecule has 1 amide bonds. The van der Waals surface area contributed by atoms with Gasteiger partial charge in [-0.15, -0.1) is 0 Å². The van der Waals surface area contributed by atoms with E-state index in [-0.39, 0.29) is 25.5 Å². The van der Waals surface area contributed by atoms with Gasteiger partial charge in [-0.05, 0) is 61.6 Å². The molecular weight excluding hydrogens is 486 g/mol. The van der Waals surface area contributed by atoms with Crippen molar-refractivity contribution < 1.29 is 28.9 Å². The van der Waals surface area contributed by atoms with Crippen LogP contribution in [0, 0.1) is 6.92 Å². The van der Waals surface area contributed by atoms with Crippen molar-refractivity contribution in [1.82, 2.24) is 14.7 Å². The maximum Gasteiger partial charge on any atom is 0.303 e. The highest BCUT2D eigenvalue weighted by atomic mass is 16.5. The number of carboxylic acid groups (broad SMARTS) is 1. The van der Waals surface area contributed by atoms with Gasteiger partial charge in [0.25, 0.3) is 5.91 Å². The highest BCUT2D eigenvalue weighted by Crippen LogP contribution is 2.39. The molecule has 202 valence electrons. The van der Waals surface area contributed by atoms with Crippen LogP contribution in [0.5, 0.6) is 17.2 Å². The first-order chi connectivity index (χ1) is 18.3. The van der Waals surface area contributed by atoms with Crippen LogP contribution >= 0.6 is 0 Å². The first-order valence-corrected chi connectivity index (χ1v) is 12.8. The summed E-state index contributed by atoms with van der Waals surface area (Å²) in [6, 6.07) is 13.3. The summed E-state index contributed by atoms with van der Waals surface area (Å²) in [7, 11) is 5.00. The molecule has 1 aliphatic carbocycles. The molecule has 0 saturated heterocycles. The van der Waals surface area contributed by atoms with E-state index in [4.69, 9.17) is 19.3 Å². The summed E-state index contributed by atoms with van der Waals surface area (Å²) in [6.07, 6.45) is 2.62. The average molecular weight is 522 g/mol. The molecule has 1 aliphatic rings. The molecule has 0 spiro atoms. The van der Waals surface area contributed by atoms with Crippen molar-refractivity contribution in [1.29, 1.82) is 0 Å². The Morgan fingerprint density at radius 1 is 1.08 bits per heavy atom. The Labute approximate surface area is 222 Å². The number of aromatic nitrogens is 2. The van der Waals surface area contributed by atoms with E-state index in [1.54, 1.807) is 29.9 Å². The largest absolute Gasteiger partial charge is 0.497 e. The summed E-state index contributed by atoms with van der Waals surface area (Å²) >= 11 is 0. The van der Waals surface area contributed by atoms with Crippen molar-refractivity contribution in [3.05, 3.63) is 70.5 Å². The Morgan fingerprint density at radius 3 is 2.50 bits per heavy atom. The topological polar surface area (TPSA) is 103 Å². The number of rotatable bonds is 13. The lowest BCUT2D eigenvalue weighted by Crippen LogP contribution is -2.32. The Hall–Kier alpha value is -4.01. The molecule has 0 unspecified atom stereocenters. The molecule has 1 fully saturated rings. The number of aliphatic carboxylic acids is 1. The molecule has 0 radical (unpaired) electrons. The zero-order chi connectivity index (χ0) is 27.2. The molecule has 1 heterocycles. The number of hydrogen-bond donors (Lipinski definition) is 1. The summed E-state index contributed by atoms with van der Waals surface area (Å²) in [5, 5.41) is 13.5. The second-order valence-electron chi connectivity index (χ2n) is 9.60.